The largest absolute Gasteiger partial charge is 0.458 e. The van der Waals surface area contributed by atoms with Crippen LogP contribution in [0.1, 0.15) is 52.8 Å². The Morgan fingerprint density at radius 3 is 2.83 bits per heavy atom. The quantitative estimate of drug-likeness (QED) is 0.349. The SMILES string of the molecule is Cc1c(F)cc2nc3c(c4c2c1SCC4NC(=O)C1(O)CC1)Cn1c-3cc2c(c1=O)COC(=O)C2O. The fourth-order valence-corrected chi connectivity index (χ4v) is 6.68. The van der Waals surface area contributed by atoms with Gasteiger partial charge in [0, 0.05) is 33.2 Å². The summed E-state index contributed by atoms with van der Waals surface area (Å²) in [5, 5.41) is 24.4. The molecule has 0 saturated heterocycles. The van der Waals surface area contributed by atoms with E-state index in [1.54, 1.807) is 13.0 Å². The standard InChI is InChI=1S/C25H20FN3O6S/c1-9-13(26)5-14-18-17(15(8-36-21(9)18)28-24(33)25(34)2-3-25)11-6-29-16(19(11)27-14)4-10-12(22(29)31)7-35-23(32)20(10)30/h4-5,15,20,30,34H,2-3,6-8H2,1H3,(H,28,33). The van der Waals surface area contributed by atoms with Crippen LogP contribution in [0.3, 0.4) is 0 Å². The highest BCUT2D eigenvalue weighted by molar-refractivity contribution is 7.99. The first-order valence-corrected chi connectivity index (χ1v) is 12.6. The van der Waals surface area contributed by atoms with Crippen LogP contribution in [-0.4, -0.2) is 43.0 Å². The molecule has 2 unspecified atom stereocenters. The van der Waals surface area contributed by atoms with Crippen LogP contribution in [0.2, 0.25) is 0 Å². The number of esters is 1. The summed E-state index contributed by atoms with van der Waals surface area (Å²) in [5.74, 6) is -1.26. The van der Waals surface area contributed by atoms with Crippen molar-refractivity contribution in [2.45, 2.75) is 55.6 Å². The van der Waals surface area contributed by atoms with Gasteiger partial charge in [-0.1, -0.05) is 0 Å². The fourth-order valence-electron chi connectivity index (χ4n) is 5.42. The number of nitrogens with zero attached hydrogens (tertiary/aromatic N) is 2. The normalized spacial score (nSPS) is 22.5. The molecule has 36 heavy (non-hydrogen) atoms. The van der Waals surface area contributed by atoms with Crippen molar-refractivity contribution in [2.75, 3.05) is 5.75 Å². The number of carbonyl (C=O) groups is 2. The summed E-state index contributed by atoms with van der Waals surface area (Å²) in [6, 6.07) is 2.43. The third-order valence-corrected chi connectivity index (χ3v) is 8.92. The number of aromatic nitrogens is 2. The molecular weight excluding hydrogens is 489 g/mol. The zero-order chi connectivity index (χ0) is 25.1. The summed E-state index contributed by atoms with van der Waals surface area (Å²) >= 11 is 1.42. The van der Waals surface area contributed by atoms with Crippen LogP contribution in [0, 0.1) is 12.7 Å². The number of hydrogen-bond donors (Lipinski definition) is 3. The van der Waals surface area contributed by atoms with E-state index in [4.69, 9.17) is 9.72 Å². The highest BCUT2D eigenvalue weighted by Crippen LogP contribution is 2.48. The van der Waals surface area contributed by atoms with Crippen LogP contribution in [0.5, 0.6) is 0 Å². The van der Waals surface area contributed by atoms with Crippen LogP contribution in [0.25, 0.3) is 22.3 Å². The van der Waals surface area contributed by atoms with Crippen molar-refractivity contribution in [2.24, 2.45) is 0 Å². The molecule has 3 aliphatic heterocycles. The third kappa shape index (κ3) is 2.84. The number of nitrogens with one attached hydrogen (secondary N) is 1. The molecule has 5 heterocycles. The van der Waals surface area contributed by atoms with Gasteiger partial charge < -0.3 is 24.8 Å². The fraction of sp³-hybridized carbons (Fsp3) is 0.360. The molecule has 1 fully saturated rings. The van der Waals surface area contributed by atoms with Crippen molar-refractivity contribution < 1.29 is 28.9 Å². The Kier molecular flexibility index (Phi) is 4.36. The number of amides is 1. The number of cyclic esters (lactones) is 1. The van der Waals surface area contributed by atoms with Crippen LogP contribution in [0.15, 0.2) is 21.8 Å². The summed E-state index contributed by atoms with van der Waals surface area (Å²) in [6.45, 7) is 1.63. The van der Waals surface area contributed by atoms with E-state index in [0.29, 0.717) is 46.6 Å². The number of fused-ring (bicyclic) bond motifs is 5. The Morgan fingerprint density at radius 1 is 1.31 bits per heavy atom. The van der Waals surface area contributed by atoms with E-state index < -0.39 is 41.0 Å². The van der Waals surface area contributed by atoms with E-state index in [1.165, 1.54) is 22.4 Å². The first-order valence-electron chi connectivity index (χ1n) is 11.6. The van der Waals surface area contributed by atoms with Gasteiger partial charge in [0.05, 0.1) is 35.1 Å². The molecule has 4 aliphatic rings. The number of hydrogen-bond acceptors (Lipinski definition) is 8. The summed E-state index contributed by atoms with van der Waals surface area (Å²) in [5.41, 5.74) is 1.81. The van der Waals surface area contributed by atoms with Crippen LogP contribution in [-0.2, 0) is 27.5 Å². The Hall–Kier alpha value is -3.28. The van der Waals surface area contributed by atoms with Crippen LogP contribution >= 0.6 is 11.8 Å². The number of halogens is 1. The van der Waals surface area contributed by atoms with E-state index in [-0.39, 0.29) is 24.3 Å². The zero-order valence-electron chi connectivity index (χ0n) is 19.1. The Morgan fingerprint density at radius 2 is 2.08 bits per heavy atom. The minimum atomic E-state index is -1.58. The lowest BCUT2D eigenvalue weighted by Crippen LogP contribution is -2.40. The molecule has 2 atom stereocenters. The number of pyridine rings is 2. The highest BCUT2D eigenvalue weighted by atomic mass is 32.2. The van der Waals surface area contributed by atoms with Gasteiger partial charge >= 0.3 is 5.97 Å². The Balaban J connectivity index is 1.48. The Bertz CT molecular complexity index is 1630. The van der Waals surface area contributed by atoms with Gasteiger partial charge in [0.2, 0.25) is 0 Å². The van der Waals surface area contributed by atoms with Gasteiger partial charge in [0.1, 0.15) is 18.0 Å². The number of ether oxygens (including phenoxy) is 1. The van der Waals surface area contributed by atoms with Gasteiger partial charge in [-0.15, -0.1) is 11.8 Å². The summed E-state index contributed by atoms with van der Waals surface area (Å²) < 4.78 is 21.3. The molecule has 1 aromatic carbocycles. The van der Waals surface area contributed by atoms with E-state index in [2.05, 4.69) is 5.32 Å². The second-order valence-corrected chi connectivity index (χ2v) is 10.8. The number of rotatable bonds is 2. The molecule has 3 N–H and O–H groups in total. The van der Waals surface area contributed by atoms with E-state index in [9.17, 15) is 29.0 Å². The predicted octanol–water partition coefficient (Wildman–Crippen LogP) is 1.75. The molecule has 11 heteroatoms. The molecular formula is C25H20FN3O6S. The maximum Gasteiger partial charge on any atom is 0.340 e. The highest BCUT2D eigenvalue weighted by Gasteiger charge is 2.49. The van der Waals surface area contributed by atoms with Crippen molar-refractivity contribution in [3.8, 4) is 11.4 Å². The molecule has 0 radical (unpaired) electrons. The molecule has 1 aliphatic carbocycles. The van der Waals surface area contributed by atoms with Crippen molar-refractivity contribution in [3.05, 3.63) is 56.1 Å². The third-order valence-electron chi connectivity index (χ3n) is 7.62. The molecule has 9 nitrogen and oxygen atoms in total. The van der Waals surface area contributed by atoms with Crippen LogP contribution < -0.4 is 10.9 Å². The summed E-state index contributed by atoms with van der Waals surface area (Å²) in [4.78, 5) is 43.6. The molecule has 1 saturated carbocycles. The number of aliphatic hydroxyl groups excluding tert-OH is 1. The average molecular weight is 510 g/mol. The smallest absolute Gasteiger partial charge is 0.340 e. The van der Waals surface area contributed by atoms with Gasteiger partial charge in [0.15, 0.2) is 6.10 Å². The lowest BCUT2D eigenvalue weighted by molar-refractivity contribution is -0.157. The maximum atomic E-state index is 14.9. The molecule has 2 aromatic heterocycles. The van der Waals surface area contributed by atoms with Crippen molar-refractivity contribution in [3.63, 3.8) is 0 Å². The van der Waals surface area contributed by atoms with Gasteiger partial charge in [-0.25, -0.2) is 14.2 Å². The van der Waals surface area contributed by atoms with Gasteiger partial charge in [0.25, 0.3) is 11.5 Å². The monoisotopic (exact) mass is 509 g/mol. The number of thioether (sulfide) groups is 1. The summed E-state index contributed by atoms with van der Waals surface area (Å²) in [7, 11) is 0. The molecule has 0 spiro atoms. The lowest BCUT2D eigenvalue weighted by Gasteiger charge is -2.30. The van der Waals surface area contributed by atoms with Crippen molar-refractivity contribution in [1.82, 2.24) is 14.9 Å². The van der Waals surface area contributed by atoms with E-state index in [1.807, 2.05) is 0 Å². The summed E-state index contributed by atoms with van der Waals surface area (Å²) in [6.07, 6.45) is -0.776. The first kappa shape index (κ1) is 22.0. The zero-order valence-corrected chi connectivity index (χ0v) is 19.9. The molecule has 3 aromatic rings. The second-order valence-electron chi connectivity index (χ2n) is 9.79. The minimum absolute atomic E-state index is 0.163. The Labute approximate surface area is 207 Å². The van der Waals surface area contributed by atoms with Crippen molar-refractivity contribution in [1.29, 1.82) is 0 Å². The molecule has 184 valence electrons. The first-order chi connectivity index (χ1) is 17.2. The molecule has 7 rings (SSSR count). The van der Waals surface area contributed by atoms with Gasteiger partial charge in [-0.05, 0) is 37.0 Å². The number of benzene rings is 1. The van der Waals surface area contributed by atoms with E-state index >= 15 is 0 Å². The number of aliphatic hydroxyl groups is 2. The van der Waals surface area contributed by atoms with E-state index in [0.717, 1.165) is 15.8 Å². The molecule has 1 amide bonds. The maximum absolute atomic E-state index is 14.9. The van der Waals surface area contributed by atoms with Crippen molar-refractivity contribution >= 4 is 34.5 Å². The molecule has 0 bridgehead atoms. The second kappa shape index (κ2) is 7.15. The number of carbonyl (C=O) groups excluding carboxylic acids is 2. The predicted molar refractivity (Wildman–Crippen MR) is 126 cm³/mol. The lowest BCUT2D eigenvalue weighted by atomic mass is 9.93. The van der Waals surface area contributed by atoms with Gasteiger partial charge in [-0.2, -0.15) is 0 Å². The average Bonchev–Trinajstić information content (AvgIpc) is 3.51. The minimum Gasteiger partial charge on any atom is -0.458 e. The topological polar surface area (TPSA) is 131 Å². The van der Waals surface area contributed by atoms with Crippen LogP contribution in [0.4, 0.5) is 4.39 Å². The van der Waals surface area contributed by atoms with Gasteiger partial charge in [-0.3, -0.25) is 9.59 Å².